The van der Waals surface area contributed by atoms with E-state index in [1.165, 1.54) is 4.90 Å². The van der Waals surface area contributed by atoms with Crippen molar-refractivity contribution in [3.63, 3.8) is 0 Å². The number of amides is 2. The van der Waals surface area contributed by atoms with E-state index in [0.717, 1.165) is 17.3 Å². The first kappa shape index (κ1) is 16.2. The molecule has 1 spiro atoms. The second-order valence-electron chi connectivity index (χ2n) is 6.80. The third-order valence-corrected chi connectivity index (χ3v) is 6.69. The Hall–Kier alpha value is -1.31. The van der Waals surface area contributed by atoms with Crippen molar-refractivity contribution in [3.05, 3.63) is 28.7 Å². The van der Waals surface area contributed by atoms with Gasteiger partial charge in [-0.05, 0) is 43.5 Å². The van der Waals surface area contributed by atoms with Crippen LogP contribution in [0.15, 0.2) is 28.7 Å². The number of aliphatic hydroxyl groups is 1. The Labute approximate surface area is 153 Å². The monoisotopic (exact) mass is 408 g/mol. The second kappa shape index (κ2) is 5.34. The standard InChI is InChI=1S/C17H17BrN2O3S/c18-10-3-5-11(6-4-10)20-14(22)12-9-13(21)19-17(23)8-2-1-7-16(12,17)15(20)24/h3-6,12,23H,1-2,7-9H2,(H,19,21)/t12-,16-,17+/m0/s1. The molecule has 2 heterocycles. The lowest BCUT2D eigenvalue weighted by molar-refractivity contribution is -0.170. The van der Waals surface area contributed by atoms with Crippen LogP contribution in [0.3, 0.4) is 0 Å². The highest BCUT2D eigenvalue weighted by Crippen LogP contribution is 2.57. The molecule has 1 aromatic rings. The SMILES string of the molecule is O=C1C[C@H]2C(=O)N(c3ccc(Br)cc3)C(=S)[C@]23CCCC[C@]3(O)N1. The second-order valence-corrected chi connectivity index (χ2v) is 8.10. The molecule has 3 aliphatic rings. The number of carbonyl (C=O) groups is 2. The van der Waals surface area contributed by atoms with Gasteiger partial charge in [-0.2, -0.15) is 0 Å². The molecule has 0 aromatic heterocycles. The topological polar surface area (TPSA) is 69.6 Å². The summed E-state index contributed by atoms with van der Waals surface area (Å²) in [6.45, 7) is 0. The molecule has 4 rings (SSSR count). The van der Waals surface area contributed by atoms with Crippen molar-refractivity contribution in [1.29, 1.82) is 0 Å². The van der Waals surface area contributed by atoms with E-state index < -0.39 is 17.1 Å². The molecule has 3 atom stereocenters. The van der Waals surface area contributed by atoms with Crippen molar-refractivity contribution >= 4 is 50.6 Å². The maximum Gasteiger partial charge on any atom is 0.236 e. The summed E-state index contributed by atoms with van der Waals surface area (Å²) in [5.74, 6) is -1.06. The number of piperidine rings is 1. The number of carbonyl (C=O) groups excluding carboxylic acids is 2. The minimum atomic E-state index is -1.43. The lowest BCUT2D eigenvalue weighted by Gasteiger charge is -2.53. The van der Waals surface area contributed by atoms with E-state index in [1.807, 2.05) is 24.3 Å². The van der Waals surface area contributed by atoms with Crippen LogP contribution in [0.2, 0.25) is 0 Å². The molecule has 3 fully saturated rings. The predicted octanol–water partition coefficient (Wildman–Crippen LogP) is 2.51. The first-order valence-electron chi connectivity index (χ1n) is 8.06. The number of benzene rings is 1. The van der Waals surface area contributed by atoms with Crippen molar-refractivity contribution in [2.45, 2.75) is 37.8 Å². The Morgan fingerprint density at radius 2 is 1.88 bits per heavy atom. The van der Waals surface area contributed by atoms with Crippen LogP contribution >= 0.6 is 28.1 Å². The Morgan fingerprint density at radius 3 is 2.58 bits per heavy atom. The first-order valence-corrected chi connectivity index (χ1v) is 9.26. The maximum atomic E-state index is 13.1. The lowest BCUT2D eigenvalue weighted by atomic mass is 9.59. The minimum absolute atomic E-state index is 0.0777. The van der Waals surface area contributed by atoms with Gasteiger partial charge in [0.25, 0.3) is 0 Å². The van der Waals surface area contributed by atoms with Gasteiger partial charge in [0.05, 0.1) is 11.3 Å². The van der Waals surface area contributed by atoms with E-state index in [4.69, 9.17) is 12.2 Å². The molecule has 2 saturated heterocycles. The summed E-state index contributed by atoms with van der Waals surface area (Å²) in [5.41, 5.74) is -1.63. The van der Waals surface area contributed by atoms with Crippen LogP contribution in [-0.2, 0) is 9.59 Å². The number of anilines is 1. The fraction of sp³-hybridized carbons (Fsp3) is 0.471. The quantitative estimate of drug-likeness (QED) is 0.700. The Kier molecular flexibility index (Phi) is 3.60. The van der Waals surface area contributed by atoms with Crippen molar-refractivity contribution in [3.8, 4) is 0 Å². The van der Waals surface area contributed by atoms with Crippen molar-refractivity contribution < 1.29 is 14.7 Å². The number of halogens is 1. The Bertz CT molecular complexity index is 753. The zero-order chi connectivity index (χ0) is 17.1. The molecule has 2 amide bonds. The molecular formula is C17H17BrN2O3S. The summed E-state index contributed by atoms with van der Waals surface area (Å²) in [5, 5.41) is 13.9. The van der Waals surface area contributed by atoms with E-state index in [9.17, 15) is 14.7 Å². The number of thiocarbonyl (C=S) groups is 1. The van der Waals surface area contributed by atoms with Crippen molar-refractivity contribution in [2.24, 2.45) is 11.3 Å². The van der Waals surface area contributed by atoms with Crippen molar-refractivity contribution in [2.75, 3.05) is 4.90 Å². The number of hydrogen-bond donors (Lipinski definition) is 2. The van der Waals surface area contributed by atoms with E-state index >= 15 is 0 Å². The van der Waals surface area contributed by atoms with Gasteiger partial charge >= 0.3 is 0 Å². The molecule has 2 N–H and O–H groups in total. The molecule has 1 aromatic carbocycles. The summed E-state index contributed by atoms with van der Waals surface area (Å²) < 4.78 is 0.908. The first-order chi connectivity index (χ1) is 11.4. The summed E-state index contributed by atoms with van der Waals surface area (Å²) in [6.07, 6.45) is 2.81. The van der Waals surface area contributed by atoms with Gasteiger partial charge in [-0.15, -0.1) is 0 Å². The number of nitrogens with zero attached hydrogens (tertiary/aromatic N) is 1. The van der Waals surface area contributed by atoms with Crippen molar-refractivity contribution in [1.82, 2.24) is 5.32 Å². The summed E-state index contributed by atoms with van der Waals surface area (Å²) in [4.78, 5) is 27.2. The fourth-order valence-electron chi connectivity index (χ4n) is 4.51. The molecule has 126 valence electrons. The molecule has 0 bridgehead atoms. The van der Waals surface area contributed by atoms with Crippen LogP contribution in [-0.4, -0.2) is 27.6 Å². The zero-order valence-electron chi connectivity index (χ0n) is 12.9. The molecule has 7 heteroatoms. The smallest absolute Gasteiger partial charge is 0.236 e. The lowest BCUT2D eigenvalue weighted by Crippen LogP contribution is -2.69. The van der Waals surface area contributed by atoms with Gasteiger partial charge in [-0.3, -0.25) is 14.5 Å². The highest BCUT2D eigenvalue weighted by molar-refractivity contribution is 9.10. The van der Waals surface area contributed by atoms with E-state index in [-0.39, 0.29) is 18.2 Å². The van der Waals surface area contributed by atoms with Gasteiger partial charge in [0.1, 0.15) is 10.7 Å². The molecule has 0 radical (unpaired) electrons. The van der Waals surface area contributed by atoms with Crippen LogP contribution < -0.4 is 10.2 Å². The normalized spacial score (nSPS) is 35.5. The number of nitrogens with one attached hydrogen (secondary N) is 1. The maximum absolute atomic E-state index is 13.1. The van der Waals surface area contributed by atoms with E-state index in [1.54, 1.807) is 0 Å². The third kappa shape index (κ3) is 1.98. The molecule has 24 heavy (non-hydrogen) atoms. The predicted molar refractivity (Wildman–Crippen MR) is 96.3 cm³/mol. The van der Waals surface area contributed by atoms with E-state index in [2.05, 4.69) is 21.2 Å². The number of hydrogen-bond acceptors (Lipinski definition) is 4. The fourth-order valence-corrected chi connectivity index (χ4v) is 5.39. The molecular weight excluding hydrogens is 392 g/mol. The van der Waals surface area contributed by atoms with Crippen LogP contribution in [0.5, 0.6) is 0 Å². The van der Waals surface area contributed by atoms with E-state index in [0.29, 0.717) is 23.5 Å². The van der Waals surface area contributed by atoms with Gasteiger partial charge in [-0.25, -0.2) is 0 Å². The zero-order valence-corrected chi connectivity index (χ0v) is 15.3. The van der Waals surface area contributed by atoms with Crippen LogP contribution in [0, 0.1) is 11.3 Å². The highest BCUT2D eigenvalue weighted by Gasteiger charge is 2.70. The summed E-state index contributed by atoms with van der Waals surface area (Å²) in [6, 6.07) is 7.33. The average Bonchev–Trinajstić information content (AvgIpc) is 2.74. The highest BCUT2D eigenvalue weighted by atomic mass is 79.9. The molecule has 2 aliphatic heterocycles. The van der Waals surface area contributed by atoms with Crippen LogP contribution in [0.4, 0.5) is 5.69 Å². The Morgan fingerprint density at radius 1 is 1.21 bits per heavy atom. The van der Waals surface area contributed by atoms with Crippen LogP contribution in [0.25, 0.3) is 0 Å². The number of rotatable bonds is 1. The van der Waals surface area contributed by atoms with Crippen LogP contribution in [0.1, 0.15) is 32.1 Å². The molecule has 1 saturated carbocycles. The van der Waals surface area contributed by atoms with Gasteiger partial charge in [0, 0.05) is 16.6 Å². The van der Waals surface area contributed by atoms with Gasteiger partial charge in [-0.1, -0.05) is 34.6 Å². The van der Waals surface area contributed by atoms with Gasteiger partial charge in [0.2, 0.25) is 11.8 Å². The Balaban J connectivity index is 1.85. The average molecular weight is 409 g/mol. The molecule has 0 unspecified atom stereocenters. The molecule has 1 aliphatic carbocycles. The summed E-state index contributed by atoms with van der Waals surface area (Å²) >= 11 is 9.10. The molecule has 5 nitrogen and oxygen atoms in total. The third-order valence-electron chi connectivity index (χ3n) is 5.62. The van der Waals surface area contributed by atoms with Gasteiger partial charge in [0.15, 0.2) is 0 Å². The summed E-state index contributed by atoms with van der Waals surface area (Å²) in [7, 11) is 0. The van der Waals surface area contributed by atoms with Gasteiger partial charge < -0.3 is 10.4 Å². The minimum Gasteiger partial charge on any atom is -0.370 e. The largest absolute Gasteiger partial charge is 0.370 e.